The maximum absolute atomic E-state index is 11.8. The summed E-state index contributed by atoms with van der Waals surface area (Å²) in [5, 5.41) is 0. The molecule has 1 fully saturated rings. The highest BCUT2D eigenvalue weighted by Crippen LogP contribution is 2.14. The molecular formula is C14H20N2O2. The van der Waals surface area contributed by atoms with Gasteiger partial charge in [0.25, 0.3) is 0 Å². The van der Waals surface area contributed by atoms with Crippen molar-refractivity contribution in [2.75, 3.05) is 19.7 Å². The number of ether oxygens (including phenoxy) is 1. The Hall–Kier alpha value is -1.39. The molecule has 2 N–H and O–H groups in total. The number of morpholine rings is 1. The topological polar surface area (TPSA) is 55.6 Å². The fourth-order valence-electron chi connectivity index (χ4n) is 2.10. The summed E-state index contributed by atoms with van der Waals surface area (Å²) in [5.74, 6) is 0.0397. The van der Waals surface area contributed by atoms with Crippen LogP contribution in [0.2, 0.25) is 0 Å². The molecule has 0 bridgehead atoms. The summed E-state index contributed by atoms with van der Waals surface area (Å²) in [6.45, 7) is 6.00. The van der Waals surface area contributed by atoms with Gasteiger partial charge in [-0.15, -0.1) is 0 Å². The van der Waals surface area contributed by atoms with Crippen LogP contribution in [-0.4, -0.2) is 36.6 Å². The van der Waals surface area contributed by atoms with Crippen LogP contribution in [0.5, 0.6) is 0 Å². The number of rotatable bonds is 3. The average molecular weight is 248 g/mol. The fraction of sp³-hybridized carbons (Fsp3) is 0.500. The molecule has 1 saturated heterocycles. The second kappa shape index (κ2) is 5.50. The summed E-state index contributed by atoms with van der Waals surface area (Å²) in [5.41, 5.74) is 9.27. The van der Waals surface area contributed by atoms with Gasteiger partial charge < -0.3 is 15.4 Å². The third-order valence-electron chi connectivity index (χ3n) is 3.43. The van der Waals surface area contributed by atoms with Crippen LogP contribution in [0, 0.1) is 13.8 Å². The third kappa shape index (κ3) is 2.89. The highest BCUT2D eigenvalue weighted by Gasteiger charge is 2.25. The number of aryl methyl sites for hydroxylation is 2. The molecule has 1 aromatic carbocycles. The Labute approximate surface area is 108 Å². The Morgan fingerprint density at radius 1 is 1.39 bits per heavy atom. The SMILES string of the molecule is Cc1ccc(CN2CC(CN)OCC2=O)cc1C. The van der Waals surface area contributed by atoms with E-state index < -0.39 is 0 Å². The van der Waals surface area contributed by atoms with E-state index in [-0.39, 0.29) is 18.6 Å². The number of carbonyl (C=O) groups is 1. The fourth-order valence-corrected chi connectivity index (χ4v) is 2.10. The first kappa shape index (κ1) is 13.1. The van der Waals surface area contributed by atoms with Crippen molar-refractivity contribution >= 4 is 5.91 Å². The first-order valence-electron chi connectivity index (χ1n) is 6.25. The zero-order valence-corrected chi connectivity index (χ0v) is 11.0. The summed E-state index contributed by atoms with van der Waals surface area (Å²) in [7, 11) is 0. The molecule has 1 atom stereocenters. The van der Waals surface area contributed by atoms with Crippen LogP contribution in [0.1, 0.15) is 16.7 Å². The van der Waals surface area contributed by atoms with E-state index in [1.165, 1.54) is 11.1 Å². The largest absolute Gasteiger partial charge is 0.365 e. The highest BCUT2D eigenvalue weighted by molar-refractivity contribution is 5.78. The molecule has 0 aliphatic carbocycles. The first-order chi connectivity index (χ1) is 8.60. The lowest BCUT2D eigenvalue weighted by molar-refractivity contribution is -0.149. The molecule has 98 valence electrons. The molecular weight excluding hydrogens is 228 g/mol. The van der Waals surface area contributed by atoms with Crippen LogP contribution in [0.15, 0.2) is 18.2 Å². The van der Waals surface area contributed by atoms with E-state index in [1.807, 2.05) is 4.90 Å². The molecule has 1 unspecified atom stereocenters. The van der Waals surface area contributed by atoms with Gasteiger partial charge in [0, 0.05) is 19.6 Å². The molecule has 4 heteroatoms. The third-order valence-corrected chi connectivity index (χ3v) is 3.43. The maximum atomic E-state index is 11.8. The number of amides is 1. The Balaban J connectivity index is 2.07. The minimum absolute atomic E-state index is 0.0331. The predicted octanol–water partition coefficient (Wildman–Crippen LogP) is 0.990. The van der Waals surface area contributed by atoms with E-state index >= 15 is 0 Å². The molecule has 4 nitrogen and oxygen atoms in total. The van der Waals surface area contributed by atoms with Crippen molar-refractivity contribution in [3.63, 3.8) is 0 Å². The van der Waals surface area contributed by atoms with Crippen molar-refractivity contribution in [1.29, 1.82) is 0 Å². The van der Waals surface area contributed by atoms with E-state index in [2.05, 4.69) is 32.0 Å². The monoisotopic (exact) mass is 248 g/mol. The van der Waals surface area contributed by atoms with Gasteiger partial charge in [-0.3, -0.25) is 4.79 Å². The Bertz CT molecular complexity index is 445. The van der Waals surface area contributed by atoms with Crippen LogP contribution in [0.25, 0.3) is 0 Å². The minimum Gasteiger partial charge on any atom is -0.365 e. The molecule has 0 aromatic heterocycles. The molecule has 0 saturated carbocycles. The first-order valence-corrected chi connectivity index (χ1v) is 6.25. The Morgan fingerprint density at radius 3 is 2.83 bits per heavy atom. The summed E-state index contributed by atoms with van der Waals surface area (Å²) < 4.78 is 5.33. The van der Waals surface area contributed by atoms with Gasteiger partial charge in [0.15, 0.2) is 0 Å². The smallest absolute Gasteiger partial charge is 0.248 e. The summed E-state index contributed by atoms with van der Waals surface area (Å²) >= 11 is 0. The van der Waals surface area contributed by atoms with E-state index in [9.17, 15) is 4.79 Å². The standard InChI is InChI=1S/C14H20N2O2/c1-10-3-4-12(5-11(10)2)7-16-8-13(6-15)18-9-14(16)17/h3-5,13H,6-9,15H2,1-2H3. The molecule has 0 radical (unpaired) electrons. The van der Waals surface area contributed by atoms with Gasteiger partial charge in [-0.05, 0) is 30.5 Å². The number of nitrogens with zero attached hydrogens (tertiary/aromatic N) is 1. The van der Waals surface area contributed by atoms with Gasteiger partial charge in [0.1, 0.15) is 6.61 Å². The van der Waals surface area contributed by atoms with Crippen molar-refractivity contribution in [1.82, 2.24) is 4.90 Å². The second-order valence-corrected chi connectivity index (χ2v) is 4.86. The number of hydrogen-bond acceptors (Lipinski definition) is 3. The van der Waals surface area contributed by atoms with Gasteiger partial charge in [0.05, 0.1) is 6.10 Å². The Kier molecular flexibility index (Phi) is 3.99. The van der Waals surface area contributed by atoms with Crippen molar-refractivity contribution in [2.45, 2.75) is 26.5 Å². The normalized spacial score (nSPS) is 20.3. The molecule has 1 heterocycles. The van der Waals surface area contributed by atoms with E-state index in [0.717, 1.165) is 5.56 Å². The second-order valence-electron chi connectivity index (χ2n) is 4.86. The Morgan fingerprint density at radius 2 is 2.17 bits per heavy atom. The van der Waals surface area contributed by atoms with Crippen LogP contribution < -0.4 is 5.73 Å². The molecule has 1 aliphatic heterocycles. The number of benzene rings is 1. The molecule has 0 spiro atoms. The van der Waals surface area contributed by atoms with Gasteiger partial charge in [-0.25, -0.2) is 0 Å². The van der Waals surface area contributed by atoms with E-state index in [4.69, 9.17) is 10.5 Å². The quantitative estimate of drug-likeness (QED) is 0.868. The van der Waals surface area contributed by atoms with Crippen LogP contribution in [0.3, 0.4) is 0 Å². The predicted molar refractivity (Wildman–Crippen MR) is 70.1 cm³/mol. The molecule has 1 aromatic rings. The van der Waals surface area contributed by atoms with Gasteiger partial charge in [-0.1, -0.05) is 18.2 Å². The lowest BCUT2D eigenvalue weighted by Gasteiger charge is -2.32. The highest BCUT2D eigenvalue weighted by atomic mass is 16.5. The zero-order chi connectivity index (χ0) is 13.1. The number of hydrogen-bond donors (Lipinski definition) is 1. The number of nitrogens with two attached hydrogens (primary N) is 1. The van der Waals surface area contributed by atoms with Gasteiger partial charge in [0.2, 0.25) is 5.91 Å². The van der Waals surface area contributed by atoms with Crippen molar-refractivity contribution < 1.29 is 9.53 Å². The average Bonchev–Trinajstić information content (AvgIpc) is 2.36. The van der Waals surface area contributed by atoms with Crippen LogP contribution in [0.4, 0.5) is 0 Å². The lowest BCUT2D eigenvalue weighted by Crippen LogP contribution is -2.48. The molecule has 1 aliphatic rings. The summed E-state index contributed by atoms with van der Waals surface area (Å²) in [6.07, 6.45) is -0.0331. The van der Waals surface area contributed by atoms with Crippen molar-refractivity contribution in [3.8, 4) is 0 Å². The van der Waals surface area contributed by atoms with Crippen molar-refractivity contribution in [2.24, 2.45) is 5.73 Å². The molecule has 18 heavy (non-hydrogen) atoms. The molecule has 1 amide bonds. The number of carbonyl (C=O) groups excluding carboxylic acids is 1. The summed E-state index contributed by atoms with van der Waals surface area (Å²) in [6, 6.07) is 6.30. The maximum Gasteiger partial charge on any atom is 0.248 e. The summed E-state index contributed by atoms with van der Waals surface area (Å²) in [4.78, 5) is 13.6. The van der Waals surface area contributed by atoms with Crippen molar-refractivity contribution in [3.05, 3.63) is 34.9 Å². The lowest BCUT2D eigenvalue weighted by atomic mass is 10.1. The van der Waals surface area contributed by atoms with Crippen LogP contribution in [-0.2, 0) is 16.1 Å². The van der Waals surface area contributed by atoms with Gasteiger partial charge in [-0.2, -0.15) is 0 Å². The van der Waals surface area contributed by atoms with Crippen LogP contribution >= 0.6 is 0 Å². The van der Waals surface area contributed by atoms with E-state index in [1.54, 1.807) is 0 Å². The zero-order valence-electron chi connectivity index (χ0n) is 11.0. The molecule has 2 rings (SSSR count). The van der Waals surface area contributed by atoms with E-state index in [0.29, 0.717) is 19.6 Å². The van der Waals surface area contributed by atoms with Gasteiger partial charge >= 0.3 is 0 Å². The minimum atomic E-state index is -0.0331.